The molecule has 0 amide bonds. The molecule has 1 aliphatic rings. The van der Waals surface area contributed by atoms with E-state index in [1.807, 2.05) is 0 Å². The van der Waals surface area contributed by atoms with E-state index in [-0.39, 0.29) is 5.79 Å². The lowest BCUT2D eigenvalue weighted by atomic mass is 9.99. The highest BCUT2D eigenvalue weighted by Gasteiger charge is 2.34. The van der Waals surface area contributed by atoms with Crippen molar-refractivity contribution in [2.75, 3.05) is 19.8 Å². The van der Waals surface area contributed by atoms with Gasteiger partial charge in [-0.25, -0.2) is 0 Å². The second-order valence-electron chi connectivity index (χ2n) is 7.07. The molecule has 1 heterocycles. The molecule has 1 rings (SSSR count). The van der Waals surface area contributed by atoms with Gasteiger partial charge in [-0.3, -0.25) is 0 Å². The fourth-order valence-corrected chi connectivity index (χ4v) is 3.48. The third kappa shape index (κ3) is 10.4. The van der Waals surface area contributed by atoms with Gasteiger partial charge in [-0.05, 0) is 19.3 Å². The maximum atomic E-state index is 8.80. The minimum atomic E-state index is -0.265. The summed E-state index contributed by atoms with van der Waals surface area (Å²) < 4.78 is 11.9. The van der Waals surface area contributed by atoms with Crippen molar-refractivity contribution in [1.82, 2.24) is 0 Å². The molecule has 0 aromatic heterocycles. The van der Waals surface area contributed by atoms with Gasteiger partial charge < -0.3 is 14.6 Å². The van der Waals surface area contributed by atoms with Gasteiger partial charge in [0.05, 0.1) is 13.2 Å². The van der Waals surface area contributed by atoms with Gasteiger partial charge in [-0.1, -0.05) is 71.1 Å². The number of hydrogen-bond acceptors (Lipinski definition) is 3. The lowest BCUT2D eigenvalue weighted by Gasteiger charge is -2.27. The van der Waals surface area contributed by atoms with Crippen LogP contribution in [0.15, 0.2) is 0 Å². The fourth-order valence-electron chi connectivity index (χ4n) is 3.48. The molecule has 3 heteroatoms. The third-order valence-corrected chi connectivity index (χ3v) is 4.94. The van der Waals surface area contributed by atoms with E-state index in [2.05, 4.69) is 6.92 Å². The Morgan fingerprint density at radius 1 is 0.652 bits per heavy atom. The van der Waals surface area contributed by atoms with Crippen molar-refractivity contribution in [3.05, 3.63) is 0 Å². The zero-order valence-electron chi connectivity index (χ0n) is 15.5. The van der Waals surface area contributed by atoms with Gasteiger partial charge in [0.1, 0.15) is 0 Å². The molecule has 0 bridgehead atoms. The molecule has 0 aromatic rings. The van der Waals surface area contributed by atoms with Crippen molar-refractivity contribution in [1.29, 1.82) is 0 Å². The predicted molar refractivity (Wildman–Crippen MR) is 96.6 cm³/mol. The SMILES string of the molecule is CCCCCCCCCCC1(CCCCCCCO)OCCO1. The van der Waals surface area contributed by atoms with Crippen LogP contribution in [-0.2, 0) is 9.47 Å². The van der Waals surface area contributed by atoms with Gasteiger partial charge in [0, 0.05) is 19.4 Å². The largest absolute Gasteiger partial charge is 0.396 e. The van der Waals surface area contributed by atoms with Gasteiger partial charge >= 0.3 is 0 Å². The molecule has 138 valence electrons. The molecule has 23 heavy (non-hydrogen) atoms. The second kappa shape index (κ2) is 14.2. The Bertz CT molecular complexity index is 249. The average Bonchev–Trinajstić information content (AvgIpc) is 3.02. The van der Waals surface area contributed by atoms with Gasteiger partial charge in [0.25, 0.3) is 0 Å². The maximum Gasteiger partial charge on any atom is 0.168 e. The molecule has 1 fully saturated rings. The summed E-state index contributed by atoms with van der Waals surface area (Å²) >= 11 is 0. The molecular formula is C20H40O3. The van der Waals surface area contributed by atoms with Crippen molar-refractivity contribution in [3.63, 3.8) is 0 Å². The van der Waals surface area contributed by atoms with Crippen LogP contribution >= 0.6 is 0 Å². The topological polar surface area (TPSA) is 38.7 Å². The van der Waals surface area contributed by atoms with Crippen LogP contribution in [0.3, 0.4) is 0 Å². The molecule has 0 unspecified atom stereocenters. The van der Waals surface area contributed by atoms with E-state index in [1.165, 1.54) is 70.6 Å². The minimum absolute atomic E-state index is 0.265. The van der Waals surface area contributed by atoms with E-state index in [9.17, 15) is 0 Å². The van der Waals surface area contributed by atoms with Crippen molar-refractivity contribution >= 4 is 0 Å². The van der Waals surface area contributed by atoms with E-state index in [1.54, 1.807) is 0 Å². The van der Waals surface area contributed by atoms with Crippen LogP contribution in [0.5, 0.6) is 0 Å². The summed E-state index contributed by atoms with van der Waals surface area (Å²) in [4.78, 5) is 0. The summed E-state index contributed by atoms with van der Waals surface area (Å²) in [6.07, 6.45) is 18.7. The quantitative estimate of drug-likeness (QED) is 0.375. The zero-order chi connectivity index (χ0) is 16.6. The van der Waals surface area contributed by atoms with Crippen LogP contribution < -0.4 is 0 Å². The Balaban J connectivity index is 2.04. The Hall–Kier alpha value is -0.120. The van der Waals surface area contributed by atoms with E-state index < -0.39 is 0 Å². The zero-order valence-corrected chi connectivity index (χ0v) is 15.5. The number of ether oxygens (including phenoxy) is 2. The van der Waals surface area contributed by atoms with Gasteiger partial charge in [0.15, 0.2) is 5.79 Å². The standard InChI is InChI=1S/C20H40O3/c1-2-3-4-5-6-7-9-12-15-20(22-18-19-23-20)16-13-10-8-11-14-17-21/h21H,2-19H2,1H3. The number of hydrogen-bond donors (Lipinski definition) is 1. The molecule has 0 aliphatic carbocycles. The van der Waals surface area contributed by atoms with Crippen molar-refractivity contribution < 1.29 is 14.6 Å². The second-order valence-corrected chi connectivity index (χ2v) is 7.07. The number of aliphatic hydroxyl groups excluding tert-OH is 1. The summed E-state index contributed by atoms with van der Waals surface area (Å²) in [5.41, 5.74) is 0. The van der Waals surface area contributed by atoms with Crippen LogP contribution in [0.2, 0.25) is 0 Å². The van der Waals surface area contributed by atoms with Crippen LogP contribution in [0, 0.1) is 0 Å². The van der Waals surface area contributed by atoms with E-state index in [0.29, 0.717) is 6.61 Å². The van der Waals surface area contributed by atoms with E-state index in [4.69, 9.17) is 14.6 Å². The monoisotopic (exact) mass is 328 g/mol. The molecule has 3 nitrogen and oxygen atoms in total. The highest BCUT2D eigenvalue weighted by molar-refractivity contribution is 4.74. The summed E-state index contributed by atoms with van der Waals surface area (Å²) in [5, 5.41) is 8.80. The fraction of sp³-hybridized carbons (Fsp3) is 1.00. The predicted octanol–water partition coefficient (Wildman–Crippen LogP) is 5.59. The van der Waals surface area contributed by atoms with Gasteiger partial charge in [-0.2, -0.15) is 0 Å². The first-order valence-electron chi connectivity index (χ1n) is 10.2. The lowest BCUT2D eigenvalue weighted by molar-refractivity contribution is -0.168. The van der Waals surface area contributed by atoms with Crippen molar-refractivity contribution in [3.8, 4) is 0 Å². The molecule has 1 N–H and O–H groups in total. The molecule has 0 radical (unpaired) electrons. The summed E-state index contributed by atoms with van der Waals surface area (Å²) in [6, 6.07) is 0. The maximum absolute atomic E-state index is 8.80. The molecule has 0 atom stereocenters. The van der Waals surface area contributed by atoms with Crippen LogP contribution in [0.4, 0.5) is 0 Å². The van der Waals surface area contributed by atoms with Crippen LogP contribution in [0.25, 0.3) is 0 Å². The smallest absolute Gasteiger partial charge is 0.168 e. The number of rotatable bonds is 16. The Morgan fingerprint density at radius 3 is 1.57 bits per heavy atom. The Morgan fingerprint density at radius 2 is 1.09 bits per heavy atom. The normalized spacial score (nSPS) is 17.0. The average molecular weight is 329 g/mol. The van der Waals surface area contributed by atoms with Crippen molar-refractivity contribution in [2.45, 2.75) is 109 Å². The first-order chi connectivity index (χ1) is 11.3. The first kappa shape index (κ1) is 20.9. The Kier molecular flexibility index (Phi) is 13.0. The minimum Gasteiger partial charge on any atom is -0.396 e. The molecular weight excluding hydrogens is 288 g/mol. The van der Waals surface area contributed by atoms with Crippen LogP contribution in [-0.4, -0.2) is 30.7 Å². The van der Waals surface area contributed by atoms with E-state index >= 15 is 0 Å². The first-order valence-corrected chi connectivity index (χ1v) is 10.2. The summed E-state index contributed by atoms with van der Waals surface area (Å²) in [7, 11) is 0. The highest BCUT2D eigenvalue weighted by Crippen LogP contribution is 2.31. The molecule has 1 aliphatic heterocycles. The molecule has 0 aromatic carbocycles. The number of aliphatic hydroxyl groups is 1. The van der Waals surface area contributed by atoms with E-state index in [0.717, 1.165) is 38.9 Å². The molecule has 1 saturated heterocycles. The number of unbranched alkanes of at least 4 members (excludes halogenated alkanes) is 11. The Labute approximate surface area is 144 Å². The summed E-state index contributed by atoms with van der Waals surface area (Å²) in [5.74, 6) is -0.265. The van der Waals surface area contributed by atoms with Gasteiger partial charge in [-0.15, -0.1) is 0 Å². The third-order valence-electron chi connectivity index (χ3n) is 4.94. The molecule has 0 spiro atoms. The molecule has 0 saturated carbocycles. The van der Waals surface area contributed by atoms with Crippen molar-refractivity contribution in [2.24, 2.45) is 0 Å². The highest BCUT2D eigenvalue weighted by atomic mass is 16.7. The summed E-state index contributed by atoms with van der Waals surface area (Å²) in [6.45, 7) is 4.13. The lowest BCUT2D eigenvalue weighted by Crippen LogP contribution is -2.30. The van der Waals surface area contributed by atoms with Gasteiger partial charge in [0.2, 0.25) is 0 Å². The van der Waals surface area contributed by atoms with Crippen LogP contribution in [0.1, 0.15) is 103 Å².